The highest BCUT2D eigenvalue weighted by Crippen LogP contribution is 2.28. The lowest BCUT2D eigenvalue weighted by Gasteiger charge is -2.17. The lowest BCUT2D eigenvalue weighted by Crippen LogP contribution is -2.28. The minimum Gasteiger partial charge on any atom is -0.392 e. The largest absolute Gasteiger partial charge is 0.392 e. The lowest BCUT2D eigenvalue weighted by molar-refractivity contribution is 0.0790. The number of fused-ring (bicyclic) bond motifs is 1. The SMILES string of the molecule is O=C(c1ccc(CO)c(F)c1)N1CCC(c2ccc3cccnc3n2)C1. The summed E-state index contributed by atoms with van der Waals surface area (Å²) in [4.78, 5) is 23.3. The van der Waals surface area contributed by atoms with Crippen LogP contribution < -0.4 is 0 Å². The molecule has 5 nitrogen and oxygen atoms in total. The van der Waals surface area contributed by atoms with Gasteiger partial charge in [0.25, 0.3) is 5.91 Å². The van der Waals surface area contributed by atoms with Crippen molar-refractivity contribution in [2.75, 3.05) is 13.1 Å². The number of amides is 1. The minimum absolute atomic E-state index is 0.145. The fourth-order valence-corrected chi connectivity index (χ4v) is 3.37. The Morgan fingerprint density at radius 2 is 2.15 bits per heavy atom. The van der Waals surface area contributed by atoms with Gasteiger partial charge in [0.1, 0.15) is 5.82 Å². The molecule has 1 aromatic carbocycles. The van der Waals surface area contributed by atoms with E-state index in [1.165, 1.54) is 12.1 Å². The Kier molecular flexibility index (Phi) is 4.34. The Morgan fingerprint density at radius 3 is 2.96 bits per heavy atom. The summed E-state index contributed by atoms with van der Waals surface area (Å²) in [6, 6.07) is 12.0. The van der Waals surface area contributed by atoms with Crippen LogP contribution in [0.1, 0.15) is 34.0 Å². The molecule has 1 fully saturated rings. The summed E-state index contributed by atoms with van der Waals surface area (Å²) in [5.41, 5.74) is 2.12. The maximum absolute atomic E-state index is 13.8. The van der Waals surface area contributed by atoms with Crippen molar-refractivity contribution in [3.63, 3.8) is 0 Å². The van der Waals surface area contributed by atoms with Crippen LogP contribution in [-0.2, 0) is 6.61 Å². The predicted molar refractivity (Wildman–Crippen MR) is 95.1 cm³/mol. The van der Waals surface area contributed by atoms with Gasteiger partial charge in [-0.3, -0.25) is 4.79 Å². The Balaban J connectivity index is 1.52. The molecule has 0 saturated carbocycles. The standard InChI is InChI=1S/C20H18FN3O2/c21-17-10-14(3-4-16(17)12-25)20(26)24-9-7-15(11-24)18-6-5-13-2-1-8-22-19(13)23-18/h1-6,8,10,15,25H,7,9,11-12H2. The summed E-state index contributed by atoms with van der Waals surface area (Å²) >= 11 is 0. The molecule has 3 aromatic rings. The van der Waals surface area contributed by atoms with Crippen molar-refractivity contribution in [1.29, 1.82) is 0 Å². The molecule has 0 radical (unpaired) electrons. The van der Waals surface area contributed by atoms with Crippen LogP contribution in [0, 0.1) is 5.82 Å². The second-order valence-corrected chi connectivity index (χ2v) is 6.49. The monoisotopic (exact) mass is 351 g/mol. The minimum atomic E-state index is -0.559. The molecule has 1 amide bonds. The van der Waals surface area contributed by atoms with Crippen LogP contribution in [0.5, 0.6) is 0 Å². The molecule has 26 heavy (non-hydrogen) atoms. The van der Waals surface area contributed by atoms with Crippen LogP contribution in [0.15, 0.2) is 48.7 Å². The Morgan fingerprint density at radius 1 is 1.27 bits per heavy atom. The Bertz CT molecular complexity index is 976. The summed E-state index contributed by atoms with van der Waals surface area (Å²) in [5.74, 6) is -0.613. The molecular formula is C20H18FN3O2. The fraction of sp³-hybridized carbons (Fsp3) is 0.250. The van der Waals surface area contributed by atoms with E-state index < -0.39 is 5.82 Å². The molecule has 0 aliphatic carbocycles. The van der Waals surface area contributed by atoms with Gasteiger partial charge in [0.2, 0.25) is 0 Å². The third kappa shape index (κ3) is 3.04. The molecule has 2 aromatic heterocycles. The zero-order valence-corrected chi connectivity index (χ0v) is 14.1. The molecule has 1 atom stereocenters. The summed E-state index contributed by atoms with van der Waals surface area (Å²) in [7, 11) is 0. The van der Waals surface area contributed by atoms with Crippen molar-refractivity contribution in [3.8, 4) is 0 Å². The van der Waals surface area contributed by atoms with Gasteiger partial charge >= 0.3 is 0 Å². The molecular weight excluding hydrogens is 333 g/mol. The van der Waals surface area contributed by atoms with Gasteiger partial charge in [-0.1, -0.05) is 6.07 Å². The molecule has 4 rings (SSSR count). The highest BCUT2D eigenvalue weighted by molar-refractivity contribution is 5.94. The molecule has 1 N–H and O–H groups in total. The maximum Gasteiger partial charge on any atom is 0.253 e. The number of likely N-dealkylation sites (tertiary alicyclic amines) is 1. The highest BCUT2D eigenvalue weighted by Gasteiger charge is 2.29. The number of pyridine rings is 2. The molecule has 1 saturated heterocycles. The molecule has 1 aliphatic heterocycles. The van der Waals surface area contributed by atoms with Gasteiger partial charge in [-0.15, -0.1) is 0 Å². The first-order valence-electron chi connectivity index (χ1n) is 8.56. The number of aliphatic hydroxyl groups is 1. The third-order valence-electron chi connectivity index (χ3n) is 4.85. The highest BCUT2D eigenvalue weighted by atomic mass is 19.1. The van der Waals surface area contributed by atoms with E-state index in [-0.39, 0.29) is 24.0 Å². The van der Waals surface area contributed by atoms with Crippen LogP contribution in [0.3, 0.4) is 0 Å². The third-order valence-corrected chi connectivity index (χ3v) is 4.85. The molecule has 1 aliphatic rings. The van der Waals surface area contributed by atoms with Gasteiger partial charge in [-0.05, 0) is 42.8 Å². The number of carbonyl (C=O) groups excluding carboxylic acids is 1. The van der Waals surface area contributed by atoms with Crippen LogP contribution in [0.25, 0.3) is 11.0 Å². The Labute approximate surface area is 150 Å². The van der Waals surface area contributed by atoms with Gasteiger partial charge < -0.3 is 10.0 Å². The molecule has 0 bridgehead atoms. The van der Waals surface area contributed by atoms with Crippen molar-refractivity contribution >= 4 is 16.9 Å². The number of halogens is 1. The van der Waals surface area contributed by atoms with E-state index in [0.29, 0.717) is 24.3 Å². The summed E-state index contributed by atoms with van der Waals surface area (Å²) < 4.78 is 13.8. The zero-order valence-electron chi connectivity index (χ0n) is 14.1. The van der Waals surface area contributed by atoms with Crippen molar-refractivity contribution in [1.82, 2.24) is 14.9 Å². The topological polar surface area (TPSA) is 66.3 Å². The van der Waals surface area contributed by atoms with Crippen LogP contribution >= 0.6 is 0 Å². The quantitative estimate of drug-likeness (QED) is 0.788. The first-order chi connectivity index (χ1) is 12.7. The lowest BCUT2D eigenvalue weighted by atomic mass is 10.0. The van der Waals surface area contributed by atoms with Crippen LogP contribution in [0.4, 0.5) is 4.39 Å². The summed E-state index contributed by atoms with van der Waals surface area (Å²) in [5, 5.41) is 10.0. The van der Waals surface area contributed by atoms with E-state index in [0.717, 1.165) is 17.5 Å². The second-order valence-electron chi connectivity index (χ2n) is 6.49. The number of hydrogen-bond acceptors (Lipinski definition) is 4. The van der Waals surface area contributed by atoms with E-state index in [2.05, 4.69) is 9.97 Å². The number of hydrogen-bond donors (Lipinski definition) is 1. The van der Waals surface area contributed by atoms with Crippen molar-refractivity contribution in [2.45, 2.75) is 18.9 Å². The smallest absolute Gasteiger partial charge is 0.253 e. The van der Waals surface area contributed by atoms with E-state index >= 15 is 0 Å². The summed E-state index contributed by atoms with van der Waals surface area (Å²) in [6.07, 6.45) is 2.53. The first-order valence-corrected chi connectivity index (χ1v) is 8.56. The average molecular weight is 351 g/mol. The number of benzene rings is 1. The van der Waals surface area contributed by atoms with Gasteiger partial charge in [0.15, 0.2) is 5.65 Å². The molecule has 132 valence electrons. The van der Waals surface area contributed by atoms with Gasteiger partial charge in [-0.2, -0.15) is 0 Å². The first kappa shape index (κ1) is 16.6. The number of aliphatic hydroxyl groups excluding tert-OH is 1. The number of aromatic nitrogens is 2. The van der Waals surface area contributed by atoms with Gasteiger partial charge in [0.05, 0.1) is 6.61 Å². The Hall–Kier alpha value is -2.86. The molecule has 1 unspecified atom stereocenters. The summed E-state index contributed by atoms with van der Waals surface area (Å²) in [6.45, 7) is 0.774. The van der Waals surface area contributed by atoms with Gasteiger partial charge in [-0.25, -0.2) is 14.4 Å². The van der Waals surface area contributed by atoms with E-state index in [1.54, 1.807) is 17.2 Å². The van der Waals surface area contributed by atoms with Crippen LogP contribution in [-0.4, -0.2) is 39.0 Å². The number of rotatable bonds is 3. The molecule has 0 spiro atoms. The van der Waals surface area contributed by atoms with E-state index in [1.807, 2.05) is 24.3 Å². The molecule has 6 heteroatoms. The molecule has 3 heterocycles. The van der Waals surface area contributed by atoms with Crippen molar-refractivity contribution in [3.05, 3.63) is 71.3 Å². The average Bonchev–Trinajstić information content (AvgIpc) is 3.17. The van der Waals surface area contributed by atoms with Crippen LogP contribution in [0.2, 0.25) is 0 Å². The normalized spacial score (nSPS) is 17.0. The zero-order chi connectivity index (χ0) is 18.1. The maximum atomic E-state index is 13.8. The van der Waals surface area contributed by atoms with Crippen molar-refractivity contribution in [2.24, 2.45) is 0 Å². The predicted octanol–water partition coefficient (Wildman–Crippen LogP) is 2.89. The fourth-order valence-electron chi connectivity index (χ4n) is 3.37. The number of carbonyl (C=O) groups is 1. The number of nitrogens with zero attached hydrogens (tertiary/aromatic N) is 3. The van der Waals surface area contributed by atoms with E-state index in [4.69, 9.17) is 5.11 Å². The van der Waals surface area contributed by atoms with Gasteiger partial charge in [0, 0.05) is 47.4 Å². The second kappa shape index (κ2) is 6.80. The van der Waals surface area contributed by atoms with Crippen molar-refractivity contribution < 1.29 is 14.3 Å². The van der Waals surface area contributed by atoms with E-state index in [9.17, 15) is 9.18 Å².